The number of carbonyl (C=O) groups excluding carboxylic acids is 1. The second-order valence-electron chi connectivity index (χ2n) is 3.51. The lowest BCUT2D eigenvalue weighted by Crippen LogP contribution is -2.40. The molecule has 0 aromatic heterocycles. The standard InChI is InChI=1S/C8H14ClNO4S/c1-14-8(11)5-15(12,13)10-7-4-2-3-6(7)9/h6-7,10H,2-5H2,1H3. The molecule has 1 N–H and O–H groups in total. The molecule has 0 amide bonds. The Labute approximate surface area is 94.2 Å². The minimum absolute atomic E-state index is 0.183. The first kappa shape index (κ1) is 12.7. The number of hydrogen-bond donors (Lipinski definition) is 1. The van der Waals surface area contributed by atoms with Crippen LogP contribution in [0.1, 0.15) is 19.3 Å². The molecule has 0 aliphatic heterocycles. The van der Waals surface area contributed by atoms with E-state index in [1.165, 1.54) is 0 Å². The number of ether oxygens (including phenoxy) is 1. The molecule has 1 aliphatic carbocycles. The van der Waals surface area contributed by atoms with Crippen LogP contribution in [0.15, 0.2) is 0 Å². The average molecular weight is 256 g/mol. The highest BCUT2D eigenvalue weighted by atomic mass is 35.5. The fourth-order valence-electron chi connectivity index (χ4n) is 1.53. The monoisotopic (exact) mass is 255 g/mol. The Kier molecular flexibility index (Phi) is 4.36. The number of nitrogens with one attached hydrogen (secondary N) is 1. The van der Waals surface area contributed by atoms with Gasteiger partial charge in [0.2, 0.25) is 10.0 Å². The van der Waals surface area contributed by atoms with Crippen LogP contribution in [-0.4, -0.2) is 38.7 Å². The summed E-state index contributed by atoms with van der Waals surface area (Å²) in [6, 6.07) is -0.263. The van der Waals surface area contributed by atoms with E-state index in [0.717, 1.165) is 20.0 Å². The zero-order valence-corrected chi connectivity index (χ0v) is 9.97. The van der Waals surface area contributed by atoms with Gasteiger partial charge < -0.3 is 4.74 Å². The van der Waals surface area contributed by atoms with Crippen molar-refractivity contribution in [1.29, 1.82) is 0 Å². The Balaban J connectivity index is 2.52. The second-order valence-corrected chi connectivity index (χ2v) is 5.82. The molecule has 15 heavy (non-hydrogen) atoms. The summed E-state index contributed by atoms with van der Waals surface area (Å²) in [6.07, 6.45) is 2.42. The van der Waals surface area contributed by atoms with E-state index in [1.54, 1.807) is 0 Å². The third kappa shape index (κ3) is 3.96. The van der Waals surface area contributed by atoms with Gasteiger partial charge in [0.25, 0.3) is 0 Å². The van der Waals surface area contributed by atoms with Crippen LogP contribution < -0.4 is 4.72 Å². The third-order valence-corrected chi connectivity index (χ3v) is 4.10. The molecular formula is C8H14ClNO4S. The summed E-state index contributed by atoms with van der Waals surface area (Å²) < 4.78 is 29.6. The van der Waals surface area contributed by atoms with Crippen LogP contribution in [0.25, 0.3) is 0 Å². The van der Waals surface area contributed by atoms with Crippen molar-refractivity contribution in [2.75, 3.05) is 12.9 Å². The van der Waals surface area contributed by atoms with Crippen molar-refractivity contribution < 1.29 is 17.9 Å². The summed E-state index contributed by atoms with van der Waals surface area (Å²) in [7, 11) is -2.47. The van der Waals surface area contributed by atoms with Crippen molar-refractivity contribution in [2.24, 2.45) is 0 Å². The molecule has 5 nitrogen and oxygen atoms in total. The maximum absolute atomic E-state index is 11.4. The zero-order chi connectivity index (χ0) is 11.5. The fraction of sp³-hybridized carbons (Fsp3) is 0.875. The quantitative estimate of drug-likeness (QED) is 0.577. The highest BCUT2D eigenvalue weighted by Gasteiger charge is 2.30. The largest absolute Gasteiger partial charge is 0.468 e. The number of halogens is 1. The highest BCUT2D eigenvalue weighted by molar-refractivity contribution is 7.90. The number of sulfonamides is 1. The van der Waals surface area contributed by atoms with Gasteiger partial charge in [-0.05, 0) is 12.8 Å². The van der Waals surface area contributed by atoms with Gasteiger partial charge in [0, 0.05) is 11.4 Å². The molecule has 0 aromatic carbocycles. The van der Waals surface area contributed by atoms with E-state index in [4.69, 9.17) is 11.6 Å². The molecule has 0 heterocycles. The minimum Gasteiger partial charge on any atom is -0.468 e. The van der Waals surface area contributed by atoms with Gasteiger partial charge in [-0.1, -0.05) is 6.42 Å². The zero-order valence-electron chi connectivity index (χ0n) is 8.40. The van der Waals surface area contributed by atoms with Gasteiger partial charge >= 0.3 is 5.97 Å². The summed E-state index contributed by atoms with van der Waals surface area (Å²) in [5.41, 5.74) is 0. The predicted molar refractivity (Wildman–Crippen MR) is 56.2 cm³/mol. The van der Waals surface area contributed by atoms with E-state index >= 15 is 0 Å². The Morgan fingerprint density at radius 2 is 2.20 bits per heavy atom. The number of rotatable bonds is 4. The van der Waals surface area contributed by atoms with Gasteiger partial charge in [-0.25, -0.2) is 13.1 Å². The molecule has 1 fully saturated rings. The van der Waals surface area contributed by atoms with Crippen LogP contribution in [0.5, 0.6) is 0 Å². The molecule has 1 aliphatic rings. The second kappa shape index (κ2) is 5.14. The van der Waals surface area contributed by atoms with Gasteiger partial charge in [0.15, 0.2) is 5.75 Å². The van der Waals surface area contributed by atoms with Crippen molar-refractivity contribution in [1.82, 2.24) is 4.72 Å². The fourth-order valence-corrected chi connectivity index (χ4v) is 3.21. The first-order valence-electron chi connectivity index (χ1n) is 4.65. The summed E-state index contributed by atoms with van der Waals surface area (Å²) in [5, 5.41) is -0.183. The van der Waals surface area contributed by atoms with Crippen LogP contribution in [0, 0.1) is 0 Å². The van der Waals surface area contributed by atoms with Crippen LogP contribution >= 0.6 is 11.6 Å². The average Bonchev–Trinajstić information content (AvgIpc) is 2.50. The molecule has 7 heteroatoms. The van der Waals surface area contributed by atoms with Crippen molar-refractivity contribution in [2.45, 2.75) is 30.7 Å². The Hall–Kier alpha value is -0.330. The van der Waals surface area contributed by atoms with Crippen molar-refractivity contribution in [3.05, 3.63) is 0 Å². The predicted octanol–water partition coefficient (Wildman–Crippen LogP) is 0.239. The van der Waals surface area contributed by atoms with Gasteiger partial charge in [0.05, 0.1) is 7.11 Å². The van der Waals surface area contributed by atoms with Crippen molar-refractivity contribution >= 4 is 27.6 Å². The smallest absolute Gasteiger partial charge is 0.322 e. The van der Waals surface area contributed by atoms with Crippen molar-refractivity contribution in [3.8, 4) is 0 Å². The minimum atomic E-state index is -3.62. The first-order valence-corrected chi connectivity index (χ1v) is 6.74. The summed E-state index contributed by atoms with van der Waals surface area (Å²) in [5.74, 6) is -1.42. The molecule has 0 aromatic rings. The Morgan fingerprint density at radius 1 is 1.53 bits per heavy atom. The molecule has 0 spiro atoms. The van der Waals surface area contributed by atoms with E-state index in [-0.39, 0.29) is 11.4 Å². The van der Waals surface area contributed by atoms with E-state index in [2.05, 4.69) is 9.46 Å². The van der Waals surface area contributed by atoms with E-state index < -0.39 is 21.7 Å². The maximum atomic E-state index is 11.4. The number of carbonyl (C=O) groups is 1. The molecule has 0 radical (unpaired) electrons. The summed E-state index contributed by atoms with van der Waals surface area (Å²) in [6.45, 7) is 0. The van der Waals surface area contributed by atoms with Crippen LogP contribution in [-0.2, 0) is 19.6 Å². The SMILES string of the molecule is COC(=O)CS(=O)(=O)NC1CCCC1Cl. The lowest BCUT2D eigenvalue weighted by atomic mass is 10.3. The molecule has 1 saturated carbocycles. The van der Waals surface area contributed by atoms with E-state index in [1.807, 2.05) is 0 Å². The Morgan fingerprint density at radius 3 is 2.67 bits per heavy atom. The van der Waals surface area contributed by atoms with Crippen LogP contribution in [0.3, 0.4) is 0 Å². The van der Waals surface area contributed by atoms with E-state index in [9.17, 15) is 13.2 Å². The van der Waals surface area contributed by atoms with E-state index in [0.29, 0.717) is 6.42 Å². The first-order chi connectivity index (χ1) is 6.94. The maximum Gasteiger partial charge on any atom is 0.322 e. The van der Waals surface area contributed by atoms with Crippen LogP contribution in [0.4, 0.5) is 0 Å². The van der Waals surface area contributed by atoms with Crippen LogP contribution in [0.2, 0.25) is 0 Å². The van der Waals surface area contributed by atoms with Crippen molar-refractivity contribution in [3.63, 3.8) is 0 Å². The lowest BCUT2D eigenvalue weighted by molar-refractivity contribution is -0.137. The molecule has 0 bridgehead atoms. The number of hydrogen-bond acceptors (Lipinski definition) is 4. The summed E-state index contributed by atoms with van der Waals surface area (Å²) in [4.78, 5) is 10.8. The van der Waals surface area contributed by atoms with Gasteiger partial charge in [-0.2, -0.15) is 0 Å². The molecular weight excluding hydrogens is 242 g/mol. The molecule has 0 saturated heterocycles. The van der Waals surface area contributed by atoms with Gasteiger partial charge in [-0.3, -0.25) is 4.79 Å². The molecule has 1 rings (SSSR count). The number of esters is 1. The summed E-state index contributed by atoms with van der Waals surface area (Å²) >= 11 is 5.91. The number of methoxy groups -OCH3 is 1. The lowest BCUT2D eigenvalue weighted by Gasteiger charge is -2.15. The third-order valence-electron chi connectivity index (χ3n) is 2.30. The molecule has 2 unspecified atom stereocenters. The topological polar surface area (TPSA) is 72.5 Å². The highest BCUT2D eigenvalue weighted by Crippen LogP contribution is 2.24. The normalized spacial score (nSPS) is 26.5. The van der Waals surface area contributed by atoms with Gasteiger partial charge in [-0.15, -0.1) is 11.6 Å². The molecule has 88 valence electrons. The molecule has 2 atom stereocenters. The Bertz CT molecular complexity index is 330. The number of alkyl halides is 1. The van der Waals surface area contributed by atoms with Gasteiger partial charge in [0.1, 0.15) is 0 Å².